The molecule has 2 N–H and O–H groups in total. The van der Waals surface area contributed by atoms with E-state index in [4.69, 9.17) is 1.37 Å². The van der Waals surface area contributed by atoms with Crippen LogP contribution in [0, 0.1) is 28.1 Å². The summed E-state index contributed by atoms with van der Waals surface area (Å²) >= 11 is 0. The Hall–Kier alpha value is -0.830. The number of aliphatic carboxylic acids is 1. The number of rotatable bonds is 1. The van der Waals surface area contributed by atoms with Gasteiger partial charge >= 0.3 is 5.97 Å². The van der Waals surface area contributed by atoms with Crippen LogP contribution >= 0.6 is 0 Å². The minimum atomic E-state index is -0.697. The van der Waals surface area contributed by atoms with Crippen LogP contribution in [0.2, 0.25) is 0 Å². The normalized spacial score (nSPS) is 55.7. The molecule has 4 aliphatic carbocycles. The van der Waals surface area contributed by atoms with Crippen molar-refractivity contribution in [3.63, 3.8) is 0 Å². The van der Waals surface area contributed by atoms with E-state index in [-0.39, 0.29) is 16.7 Å². The summed E-state index contributed by atoms with van der Waals surface area (Å²) in [7, 11) is 0. The molecule has 1 spiro atoms. The molecule has 0 amide bonds. The van der Waals surface area contributed by atoms with Gasteiger partial charge in [-0.3, -0.25) is 4.79 Å². The largest absolute Gasteiger partial charge is 0.481 e. The van der Waals surface area contributed by atoms with Crippen LogP contribution in [0.25, 0.3) is 0 Å². The fraction of sp³-hybridized carbons (Fsp3) is 0.850. The molecule has 1 unspecified atom stereocenters. The van der Waals surface area contributed by atoms with Crippen molar-refractivity contribution < 1.29 is 16.4 Å². The highest BCUT2D eigenvalue weighted by Crippen LogP contribution is 2.72. The molecule has 128 valence electrons. The first kappa shape index (κ1) is 14.5. The summed E-state index contributed by atoms with van der Waals surface area (Å²) in [5.74, 6) is -0.201. The van der Waals surface area contributed by atoms with Crippen molar-refractivity contribution in [2.24, 2.45) is 28.1 Å². The highest BCUT2D eigenvalue weighted by Gasteiger charge is 2.67. The Morgan fingerprint density at radius 2 is 2.00 bits per heavy atom. The van der Waals surface area contributed by atoms with E-state index >= 15 is 0 Å². The summed E-state index contributed by atoms with van der Waals surface area (Å²) in [4.78, 5) is 12.1. The number of fused-ring (bicyclic) bond motifs is 3. The van der Waals surface area contributed by atoms with Crippen LogP contribution in [-0.4, -0.2) is 21.8 Å². The summed E-state index contributed by atoms with van der Waals surface area (Å²) in [6.45, 7) is 6.43. The predicted octanol–water partition coefficient (Wildman–Crippen LogP) is 4.16. The molecule has 3 heteroatoms. The van der Waals surface area contributed by atoms with E-state index in [1.54, 1.807) is 0 Å². The second kappa shape index (κ2) is 4.41. The molecule has 2 bridgehead atoms. The van der Waals surface area contributed by atoms with E-state index in [9.17, 15) is 15.0 Å². The highest BCUT2D eigenvalue weighted by molar-refractivity contribution is 5.75. The van der Waals surface area contributed by atoms with E-state index in [0.717, 1.165) is 63.4 Å². The molecule has 0 aromatic carbocycles. The molecule has 0 saturated heterocycles. The lowest BCUT2D eigenvalue weighted by atomic mass is 9.41. The van der Waals surface area contributed by atoms with Crippen molar-refractivity contribution in [1.82, 2.24) is 0 Å². The van der Waals surface area contributed by atoms with Crippen molar-refractivity contribution in [1.29, 1.82) is 0 Å². The Morgan fingerprint density at radius 1 is 1.26 bits per heavy atom. The van der Waals surface area contributed by atoms with Crippen LogP contribution in [0.5, 0.6) is 0 Å². The third-order valence-corrected chi connectivity index (χ3v) is 8.37. The molecule has 3 nitrogen and oxygen atoms in total. The van der Waals surface area contributed by atoms with Crippen LogP contribution in [0.1, 0.15) is 73.0 Å². The van der Waals surface area contributed by atoms with Gasteiger partial charge in [0.1, 0.15) is 0 Å². The number of carbonyl (C=O) groups is 1. The van der Waals surface area contributed by atoms with Gasteiger partial charge in [-0.25, -0.2) is 0 Å². The zero-order valence-corrected chi connectivity index (χ0v) is 14.2. The van der Waals surface area contributed by atoms with Gasteiger partial charge in [0.25, 0.3) is 0 Å². The van der Waals surface area contributed by atoms with E-state index in [1.807, 2.05) is 6.92 Å². The van der Waals surface area contributed by atoms with Gasteiger partial charge in [-0.1, -0.05) is 19.9 Å². The zero-order valence-electron chi connectivity index (χ0n) is 15.2. The van der Waals surface area contributed by atoms with Crippen LogP contribution < -0.4 is 0 Å². The van der Waals surface area contributed by atoms with Crippen molar-refractivity contribution >= 4 is 5.97 Å². The lowest BCUT2D eigenvalue weighted by Gasteiger charge is -2.63. The first-order valence-corrected chi connectivity index (χ1v) is 9.16. The second-order valence-electron chi connectivity index (χ2n) is 9.34. The summed E-state index contributed by atoms with van der Waals surface area (Å²) < 4.78 is 8.45. The fourth-order valence-corrected chi connectivity index (χ4v) is 7.29. The van der Waals surface area contributed by atoms with E-state index in [2.05, 4.69) is 6.58 Å². The number of hydrogen-bond acceptors (Lipinski definition) is 2. The molecule has 0 aromatic rings. The van der Waals surface area contributed by atoms with Gasteiger partial charge in [0, 0.05) is 1.37 Å². The molecule has 4 saturated carbocycles. The van der Waals surface area contributed by atoms with Gasteiger partial charge < -0.3 is 10.2 Å². The van der Waals surface area contributed by atoms with Crippen LogP contribution in [0.15, 0.2) is 12.2 Å². The van der Waals surface area contributed by atoms with Gasteiger partial charge in [-0.2, -0.15) is 0 Å². The van der Waals surface area contributed by atoms with Crippen LogP contribution in [0.4, 0.5) is 0 Å². The van der Waals surface area contributed by atoms with Crippen molar-refractivity contribution in [2.75, 3.05) is 0 Å². The van der Waals surface area contributed by atoms with E-state index in [0.29, 0.717) is 12.8 Å². The van der Waals surface area contributed by atoms with Crippen molar-refractivity contribution in [3.05, 3.63) is 12.2 Å². The van der Waals surface area contributed by atoms with Gasteiger partial charge in [0.05, 0.1) is 11.0 Å². The molecule has 0 aromatic heterocycles. The first-order chi connectivity index (χ1) is 11.2. The molecule has 0 radical (unpaired) electrons. The number of aliphatic hydroxyl groups is 1. The van der Waals surface area contributed by atoms with Gasteiger partial charge in [-0.05, 0) is 86.5 Å². The molecule has 23 heavy (non-hydrogen) atoms. The van der Waals surface area contributed by atoms with E-state index in [1.165, 1.54) is 0 Å². The molecular formula is C20H30O3. The monoisotopic (exact) mass is 319 g/mol. The summed E-state index contributed by atoms with van der Waals surface area (Å²) in [6.07, 6.45) is 7.88. The number of carboxylic acids is 1. The smallest absolute Gasteiger partial charge is 0.309 e. The fourth-order valence-electron chi connectivity index (χ4n) is 7.29. The maximum absolute atomic E-state index is 12.1. The van der Waals surface area contributed by atoms with Gasteiger partial charge in [0.15, 0.2) is 0 Å². The molecule has 6 atom stereocenters. The maximum atomic E-state index is 12.1. The lowest BCUT2D eigenvalue weighted by Crippen LogP contribution is -2.59. The summed E-state index contributed by atoms with van der Waals surface area (Å²) in [5, 5.41) is 20.9. The van der Waals surface area contributed by atoms with Gasteiger partial charge in [-0.15, -0.1) is 0 Å². The Kier molecular flexibility index (Phi) is 2.78. The molecule has 4 rings (SSSR count). The zero-order chi connectivity index (χ0) is 17.4. The Bertz CT molecular complexity index is 604. The number of carboxylic acid groups (broad SMARTS) is 1. The predicted molar refractivity (Wildman–Crippen MR) is 88.9 cm³/mol. The molecular weight excluding hydrogens is 288 g/mol. The van der Waals surface area contributed by atoms with Crippen molar-refractivity contribution in [3.8, 4) is 0 Å². The summed E-state index contributed by atoms with van der Waals surface area (Å²) in [5.41, 5.74) is -0.518. The summed E-state index contributed by atoms with van der Waals surface area (Å²) in [6, 6.07) is 0. The van der Waals surface area contributed by atoms with Crippen LogP contribution in [-0.2, 0) is 4.79 Å². The molecule has 0 aliphatic heterocycles. The Balaban J connectivity index is 1.79. The molecule has 4 aliphatic rings. The average Bonchev–Trinajstić information content (AvgIpc) is 2.71. The Labute approximate surface area is 140 Å². The quantitative estimate of drug-likeness (QED) is 0.714. The van der Waals surface area contributed by atoms with E-state index < -0.39 is 17.0 Å². The minimum absolute atomic E-state index is 0.0678. The van der Waals surface area contributed by atoms with Crippen LogP contribution in [0.3, 0.4) is 0 Å². The second-order valence-corrected chi connectivity index (χ2v) is 9.34. The maximum Gasteiger partial charge on any atom is 0.309 e. The average molecular weight is 319 g/mol. The third-order valence-electron chi connectivity index (χ3n) is 8.37. The standard InChI is InChI=1S/C20H30O3/c1-13-11-19-9-5-14-17(2,7-4-8-18(14,3)16(21)22)15(19)6-10-20(13,23)12-19/h14-15,23H,1,4-12H2,2-3H3,(H,21,22)/t14-,15-,17+,18?,19+,20+/m1/s1/i2D. The number of hydrogen-bond donors (Lipinski definition) is 2. The van der Waals surface area contributed by atoms with Crippen molar-refractivity contribution in [2.45, 2.75) is 77.2 Å². The SMILES string of the molecule is [2H]C[C@]12CCCC(C)(C(=O)O)[C@@H]1CC[C@@]13CC(=C)[C@](O)(CC[C@@H]12)C3. The topological polar surface area (TPSA) is 57.5 Å². The highest BCUT2D eigenvalue weighted by atomic mass is 16.4. The molecule has 0 heterocycles. The lowest BCUT2D eigenvalue weighted by molar-refractivity contribution is -0.186. The Morgan fingerprint density at radius 3 is 2.70 bits per heavy atom. The minimum Gasteiger partial charge on any atom is -0.481 e. The van der Waals surface area contributed by atoms with Gasteiger partial charge in [0.2, 0.25) is 0 Å². The third kappa shape index (κ3) is 1.78. The first-order valence-electron chi connectivity index (χ1n) is 9.87. The molecule has 4 fully saturated rings.